The van der Waals surface area contributed by atoms with Crippen LogP contribution < -0.4 is 20.7 Å². The van der Waals surface area contributed by atoms with Crippen molar-refractivity contribution in [2.75, 3.05) is 20.2 Å². The van der Waals surface area contributed by atoms with Gasteiger partial charge in [-0.25, -0.2) is 14.6 Å². The van der Waals surface area contributed by atoms with Gasteiger partial charge in [-0.2, -0.15) is 5.26 Å². The van der Waals surface area contributed by atoms with Crippen molar-refractivity contribution < 1.29 is 9.53 Å². The molecular weight excluding hydrogens is 611 g/mol. The molecule has 1 atom stereocenters. The van der Waals surface area contributed by atoms with Crippen LogP contribution in [0.1, 0.15) is 24.0 Å². The van der Waals surface area contributed by atoms with Gasteiger partial charge in [-0.05, 0) is 30.2 Å². The number of fused-ring (bicyclic) bond motifs is 1. The summed E-state index contributed by atoms with van der Waals surface area (Å²) in [7, 11) is 1.59. The van der Waals surface area contributed by atoms with Crippen LogP contribution in [-0.2, 0) is 17.9 Å². The van der Waals surface area contributed by atoms with Gasteiger partial charge in [0.15, 0.2) is 5.65 Å². The third-order valence-corrected chi connectivity index (χ3v) is 8.47. The fraction of sp³-hybridized carbons (Fsp3) is 0.242. The lowest BCUT2D eigenvalue weighted by molar-refractivity contribution is -0.119. The van der Waals surface area contributed by atoms with Crippen LogP contribution in [0.2, 0.25) is 10.0 Å². The fourth-order valence-corrected chi connectivity index (χ4v) is 6.07. The Balaban J connectivity index is 1.25. The molecule has 1 amide bonds. The van der Waals surface area contributed by atoms with Crippen LogP contribution in [0.3, 0.4) is 0 Å². The van der Waals surface area contributed by atoms with Crippen molar-refractivity contribution in [2.24, 2.45) is 0 Å². The second-order valence-corrected chi connectivity index (χ2v) is 11.5. The molecule has 0 aliphatic carbocycles. The lowest BCUT2D eigenvalue weighted by Gasteiger charge is -2.15. The molecule has 0 radical (unpaired) electrons. The molecule has 10 nitrogen and oxygen atoms in total. The van der Waals surface area contributed by atoms with E-state index in [4.69, 9.17) is 38.2 Å². The van der Waals surface area contributed by atoms with Crippen molar-refractivity contribution in [3.63, 3.8) is 0 Å². The minimum absolute atomic E-state index is 0.0983. The first kappa shape index (κ1) is 30.5. The summed E-state index contributed by atoms with van der Waals surface area (Å²) in [5, 5.41) is 24.7. The van der Waals surface area contributed by atoms with Crippen molar-refractivity contribution in [3.8, 4) is 40.0 Å². The van der Waals surface area contributed by atoms with E-state index in [1.807, 2.05) is 60.8 Å². The van der Waals surface area contributed by atoms with Gasteiger partial charge in [0.05, 0.1) is 41.2 Å². The SMILES string of the molecule is COc1nc(-c2cccc(-c3cccc(-n4cc5cc(CNCC#N)cnc5n4)c3Cl)c2Cl)ccc1CNC[C@@H]1CCC(=O)N1. The van der Waals surface area contributed by atoms with Crippen molar-refractivity contribution >= 4 is 40.1 Å². The van der Waals surface area contributed by atoms with Crippen LogP contribution in [-0.4, -0.2) is 51.9 Å². The number of nitrogens with zero attached hydrogens (tertiary/aromatic N) is 5. The van der Waals surface area contributed by atoms with Gasteiger partial charge in [0.1, 0.15) is 0 Å². The van der Waals surface area contributed by atoms with Gasteiger partial charge in [-0.1, -0.05) is 59.6 Å². The number of carbonyl (C=O) groups excluding carboxylic acids is 1. The van der Waals surface area contributed by atoms with Gasteiger partial charge < -0.3 is 20.7 Å². The van der Waals surface area contributed by atoms with Crippen LogP contribution in [0.15, 0.2) is 67.0 Å². The number of amides is 1. The summed E-state index contributed by atoms with van der Waals surface area (Å²) in [6, 6.07) is 19.6. The molecule has 0 unspecified atom stereocenters. The topological polar surface area (TPSA) is 130 Å². The van der Waals surface area contributed by atoms with E-state index in [2.05, 4.69) is 32.1 Å². The summed E-state index contributed by atoms with van der Waals surface area (Å²) < 4.78 is 7.34. The number of rotatable bonds is 11. The maximum Gasteiger partial charge on any atom is 0.220 e. The first-order chi connectivity index (χ1) is 21.9. The molecule has 45 heavy (non-hydrogen) atoms. The average molecular weight is 642 g/mol. The van der Waals surface area contributed by atoms with Crippen molar-refractivity contribution in [2.45, 2.75) is 32.0 Å². The molecule has 0 bridgehead atoms. The third kappa shape index (κ3) is 6.62. The van der Waals surface area contributed by atoms with Gasteiger partial charge in [-0.15, -0.1) is 5.10 Å². The van der Waals surface area contributed by atoms with Crippen molar-refractivity contribution in [1.29, 1.82) is 5.26 Å². The number of nitriles is 1. The van der Waals surface area contributed by atoms with Crippen molar-refractivity contribution in [1.82, 2.24) is 35.7 Å². The first-order valence-electron chi connectivity index (χ1n) is 14.5. The smallest absolute Gasteiger partial charge is 0.220 e. The summed E-state index contributed by atoms with van der Waals surface area (Å²) >= 11 is 14.1. The van der Waals surface area contributed by atoms with E-state index in [0.29, 0.717) is 59.0 Å². The number of pyridine rings is 2. The number of methoxy groups -OCH3 is 1. The van der Waals surface area contributed by atoms with Gasteiger partial charge >= 0.3 is 0 Å². The number of ether oxygens (including phenoxy) is 1. The first-order valence-corrected chi connectivity index (χ1v) is 15.2. The van der Waals surface area contributed by atoms with Gasteiger partial charge in [0.25, 0.3) is 0 Å². The van der Waals surface area contributed by atoms with E-state index in [-0.39, 0.29) is 18.5 Å². The highest BCUT2D eigenvalue weighted by Crippen LogP contribution is 2.41. The van der Waals surface area contributed by atoms with Gasteiger partial charge in [-0.3, -0.25) is 4.79 Å². The number of hydrogen-bond donors (Lipinski definition) is 3. The molecule has 1 saturated heterocycles. The second-order valence-electron chi connectivity index (χ2n) is 10.7. The molecule has 5 aromatic rings. The number of nitrogens with one attached hydrogen (secondary N) is 3. The summed E-state index contributed by atoms with van der Waals surface area (Å²) in [5.74, 6) is 0.599. The summed E-state index contributed by atoms with van der Waals surface area (Å²) in [6.07, 6.45) is 5.04. The van der Waals surface area contributed by atoms with E-state index in [1.165, 1.54) is 0 Å². The zero-order valence-corrected chi connectivity index (χ0v) is 26.0. The third-order valence-electron chi connectivity index (χ3n) is 7.66. The summed E-state index contributed by atoms with van der Waals surface area (Å²) in [5.41, 5.74) is 6.05. The fourth-order valence-electron chi connectivity index (χ4n) is 5.43. The Bertz CT molecular complexity index is 1920. The van der Waals surface area contributed by atoms with Gasteiger partial charge in [0.2, 0.25) is 11.8 Å². The van der Waals surface area contributed by atoms with Crippen molar-refractivity contribution in [3.05, 3.63) is 88.2 Å². The standard InChI is InChI=1S/C33H30Cl2N8O2/c1-45-33-21(17-38-18-23-9-11-29(44)40-23)8-10-27(41-33)26-6-2-4-24(30(26)34)25-5-3-7-28(31(25)35)43-19-22-14-20(15-37-13-12-36)16-39-32(22)42-43/h2-8,10,14,16,19,23,37-38H,9,11,13,15,17-18H2,1H3,(H,40,44)/t23-/m0/s1. The van der Waals surface area contributed by atoms with E-state index in [0.717, 1.165) is 39.6 Å². The minimum atomic E-state index is 0.0983. The highest BCUT2D eigenvalue weighted by atomic mass is 35.5. The Morgan fingerprint density at radius 3 is 2.64 bits per heavy atom. The highest BCUT2D eigenvalue weighted by molar-refractivity contribution is 6.39. The molecule has 6 rings (SSSR count). The number of benzene rings is 2. The Morgan fingerprint density at radius 2 is 1.87 bits per heavy atom. The summed E-state index contributed by atoms with van der Waals surface area (Å²) in [6.45, 7) is 2.03. The van der Waals surface area contributed by atoms with Crippen LogP contribution in [0.25, 0.3) is 39.1 Å². The van der Waals surface area contributed by atoms with Crippen LogP contribution in [0, 0.1) is 11.3 Å². The van der Waals surface area contributed by atoms with E-state index >= 15 is 0 Å². The average Bonchev–Trinajstić information content (AvgIpc) is 3.67. The second kappa shape index (κ2) is 13.6. The Hall–Kier alpha value is -4.53. The normalized spacial score (nSPS) is 14.4. The number of halogens is 2. The van der Waals surface area contributed by atoms with Crippen LogP contribution in [0.5, 0.6) is 5.88 Å². The molecule has 3 aromatic heterocycles. The number of carbonyl (C=O) groups is 1. The molecule has 1 aliphatic heterocycles. The van der Waals surface area contributed by atoms with Gasteiger partial charge in [0, 0.05) is 72.1 Å². The number of hydrogen-bond acceptors (Lipinski definition) is 8. The maximum absolute atomic E-state index is 11.5. The lowest BCUT2D eigenvalue weighted by atomic mass is 10.00. The summed E-state index contributed by atoms with van der Waals surface area (Å²) in [4.78, 5) is 20.7. The molecule has 1 fully saturated rings. The molecule has 1 aliphatic rings. The van der Waals surface area contributed by atoms with E-state index in [9.17, 15) is 4.79 Å². The van der Waals surface area contributed by atoms with E-state index in [1.54, 1.807) is 18.0 Å². The molecule has 228 valence electrons. The highest BCUT2D eigenvalue weighted by Gasteiger charge is 2.21. The quantitative estimate of drug-likeness (QED) is 0.128. The molecule has 2 aromatic carbocycles. The molecule has 0 spiro atoms. The number of aromatic nitrogens is 4. The molecule has 12 heteroatoms. The zero-order valence-electron chi connectivity index (χ0n) is 24.5. The molecule has 4 heterocycles. The molecule has 0 saturated carbocycles. The van der Waals surface area contributed by atoms with Crippen LogP contribution >= 0.6 is 23.2 Å². The zero-order chi connectivity index (χ0) is 31.3. The lowest BCUT2D eigenvalue weighted by Crippen LogP contribution is -2.35. The monoisotopic (exact) mass is 640 g/mol. The Labute approximate surface area is 270 Å². The minimum Gasteiger partial charge on any atom is -0.481 e. The van der Waals surface area contributed by atoms with E-state index < -0.39 is 0 Å². The Kier molecular flexibility index (Phi) is 9.23. The largest absolute Gasteiger partial charge is 0.481 e. The predicted octanol–water partition coefficient (Wildman–Crippen LogP) is 5.45. The molecular formula is C33H30Cl2N8O2. The predicted molar refractivity (Wildman–Crippen MR) is 174 cm³/mol. The molecule has 3 N–H and O–H groups in total. The Morgan fingerprint density at radius 1 is 1.07 bits per heavy atom. The van der Waals surface area contributed by atoms with Crippen LogP contribution in [0.4, 0.5) is 0 Å². The maximum atomic E-state index is 11.5.